The molecule has 0 spiro atoms. The number of nitrogens with zero attached hydrogens (tertiary/aromatic N) is 4. The number of aromatic nitrogens is 4. The van der Waals surface area contributed by atoms with Gasteiger partial charge in [-0.3, -0.25) is 4.68 Å². The molecule has 0 atom stereocenters. The minimum atomic E-state index is 0.257. The molecule has 0 aliphatic heterocycles. The van der Waals surface area contributed by atoms with Gasteiger partial charge in [-0.2, -0.15) is 5.10 Å². The van der Waals surface area contributed by atoms with E-state index < -0.39 is 0 Å². The topological polar surface area (TPSA) is 55.6 Å². The summed E-state index contributed by atoms with van der Waals surface area (Å²) >= 11 is 5.76. The first kappa shape index (κ1) is 10.9. The summed E-state index contributed by atoms with van der Waals surface area (Å²) in [6, 6.07) is 3.80. The van der Waals surface area contributed by atoms with Gasteiger partial charge in [-0.25, -0.2) is 9.97 Å². The van der Waals surface area contributed by atoms with E-state index >= 15 is 0 Å². The molecule has 0 aliphatic rings. The molecule has 16 heavy (non-hydrogen) atoms. The third-order valence-corrected chi connectivity index (χ3v) is 2.37. The fraction of sp³-hybridized carbons (Fsp3) is 0.300. The molecule has 84 valence electrons. The van der Waals surface area contributed by atoms with E-state index in [2.05, 4.69) is 20.4 Å². The lowest BCUT2D eigenvalue weighted by molar-refractivity contribution is 0.720. The predicted molar refractivity (Wildman–Crippen MR) is 62.3 cm³/mol. The van der Waals surface area contributed by atoms with Crippen LogP contribution in [0.3, 0.4) is 0 Å². The van der Waals surface area contributed by atoms with Crippen molar-refractivity contribution in [3.8, 4) is 0 Å². The van der Waals surface area contributed by atoms with Crippen LogP contribution in [-0.4, -0.2) is 19.7 Å². The number of hydrogen-bond donors (Lipinski definition) is 1. The van der Waals surface area contributed by atoms with Crippen LogP contribution in [0.15, 0.2) is 18.3 Å². The first-order valence-corrected chi connectivity index (χ1v) is 5.25. The quantitative estimate of drug-likeness (QED) is 0.827. The number of hydrogen-bond acceptors (Lipinski definition) is 4. The zero-order valence-electron chi connectivity index (χ0n) is 9.11. The van der Waals surface area contributed by atoms with Gasteiger partial charge in [0.15, 0.2) is 0 Å². The number of anilines is 1. The second kappa shape index (κ2) is 4.49. The average Bonchev–Trinajstić information content (AvgIpc) is 2.59. The van der Waals surface area contributed by atoms with Crippen LogP contribution in [0.5, 0.6) is 0 Å². The molecule has 0 saturated heterocycles. The zero-order chi connectivity index (χ0) is 11.5. The van der Waals surface area contributed by atoms with E-state index in [1.54, 1.807) is 6.20 Å². The average molecular weight is 238 g/mol. The molecule has 0 bridgehead atoms. The normalized spacial score (nSPS) is 10.4. The van der Waals surface area contributed by atoms with Gasteiger partial charge in [-0.15, -0.1) is 0 Å². The highest BCUT2D eigenvalue weighted by Crippen LogP contribution is 2.10. The largest absolute Gasteiger partial charge is 0.364 e. The Hall–Kier alpha value is -1.62. The van der Waals surface area contributed by atoms with Crippen LogP contribution in [0.4, 0.5) is 5.82 Å². The molecule has 0 amide bonds. The van der Waals surface area contributed by atoms with E-state index in [9.17, 15) is 0 Å². The van der Waals surface area contributed by atoms with Crippen molar-refractivity contribution >= 4 is 17.4 Å². The Labute approximate surface area is 98.5 Å². The zero-order valence-corrected chi connectivity index (χ0v) is 9.86. The third-order valence-electron chi connectivity index (χ3n) is 2.20. The van der Waals surface area contributed by atoms with E-state index in [0.717, 1.165) is 17.2 Å². The molecular weight excluding hydrogens is 226 g/mol. The van der Waals surface area contributed by atoms with E-state index in [0.29, 0.717) is 6.54 Å². The number of halogens is 1. The third kappa shape index (κ3) is 2.49. The maximum absolute atomic E-state index is 5.76. The second-order valence-corrected chi connectivity index (χ2v) is 3.80. The predicted octanol–water partition coefficient (Wildman–Crippen LogP) is 1.78. The van der Waals surface area contributed by atoms with Crippen molar-refractivity contribution in [2.45, 2.75) is 13.5 Å². The Bertz CT molecular complexity index is 473. The Morgan fingerprint density at radius 2 is 2.25 bits per heavy atom. The molecule has 0 aliphatic carbocycles. The molecule has 5 nitrogen and oxygen atoms in total. The summed E-state index contributed by atoms with van der Waals surface area (Å²) in [5, 5.41) is 7.51. The maximum atomic E-state index is 5.76. The van der Waals surface area contributed by atoms with Gasteiger partial charge >= 0.3 is 0 Å². The Morgan fingerprint density at radius 3 is 2.88 bits per heavy atom. The van der Waals surface area contributed by atoms with Crippen LogP contribution < -0.4 is 5.32 Å². The molecule has 0 saturated carbocycles. The highest BCUT2D eigenvalue weighted by Gasteiger charge is 2.01. The molecule has 2 rings (SSSR count). The summed E-state index contributed by atoms with van der Waals surface area (Å²) in [6.07, 6.45) is 1.76. The molecule has 2 aromatic heterocycles. The number of rotatable bonds is 3. The summed E-state index contributed by atoms with van der Waals surface area (Å²) < 4.78 is 1.81. The van der Waals surface area contributed by atoms with Crippen molar-refractivity contribution in [3.63, 3.8) is 0 Å². The fourth-order valence-electron chi connectivity index (χ4n) is 1.38. The van der Waals surface area contributed by atoms with Crippen LogP contribution >= 0.6 is 11.6 Å². The monoisotopic (exact) mass is 237 g/mol. The van der Waals surface area contributed by atoms with Gasteiger partial charge < -0.3 is 5.32 Å². The highest BCUT2D eigenvalue weighted by molar-refractivity contribution is 6.28. The number of nitrogens with one attached hydrogen (secondary N) is 1. The molecule has 0 fully saturated rings. The molecule has 0 aromatic carbocycles. The smallest absolute Gasteiger partial charge is 0.224 e. The lowest BCUT2D eigenvalue weighted by atomic mass is 10.4. The lowest BCUT2D eigenvalue weighted by Gasteiger charge is -2.06. The Morgan fingerprint density at radius 1 is 1.44 bits per heavy atom. The summed E-state index contributed by atoms with van der Waals surface area (Å²) in [7, 11) is 1.90. The van der Waals surface area contributed by atoms with Gasteiger partial charge in [0.1, 0.15) is 5.82 Å². The molecule has 2 aromatic rings. The van der Waals surface area contributed by atoms with Crippen molar-refractivity contribution in [3.05, 3.63) is 35.0 Å². The van der Waals surface area contributed by atoms with Gasteiger partial charge in [0.05, 0.1) is 12.2 Å². The fourth-order valence-corrected chi connectivity index (χ4v) is 1.60. The van der Waals surface area contributed by atoms with Crippen LogP contribution in [0.25, 0.3) is 0 Å². The minimum Gasteiger partial charge on any atom is -0.364 e. The van der Waals surface area contributed by atoms with Gasteiger partial charge in [0.2, 0.25) is 5.28 Å². The van der Waals surface area contributed by atoms with E-state index in [4.69, 9.17) is 11.6 Å². The van der Waals surface area contributed by atoms with Crippen molar-refractivity contribution < 1.29 is 0 Å². The van der Waals surface area contributed by atoms with Gasteiger partial charge in [-0.1, -0.05) is 0 Å². The summed E-state index contributed by atoms with van der Waals surface area (Å²) in [5.41, 5.74) is 1.92. The van der Waals surface area contributed by atoms with Crippen molar-refractivity contribution in [2.24, 2.45) is 7.05 Å². The molecule has 0 radical (unpaired) electrons. The number of aryl methyl sites for hydroxylation is 2. The van der Waals surface area contributed by atoms with Crippen molar-refractivity contribution in [2.75, 3.05) is 5.32 Å². The molecular formula is C10H12ClN5. The standard InChI is InChI=1S/C10H12ClN5/c1-7-5-9(15-10(11)14-7)12-6-8-3-4-13-16(8)2/h3-5H,6H2,1-2H3,(H,12,14,15). The molecule has 1 N–H and O–H groups in total. The first-order valence-electron chi connectivity index (χ1n) is 4.87. The van der Waals surface area contributed by atoms with E-state index in [1.807, 2.05) is 30.8 Å². The van der Waals surface area contributed by atoms with Crippen molar-refractivity contribution in [1.82, 2.24) is 19.7 Å². The summed E-state index contributed by atoms with van der Waals surface area (Å²) in [4.78, 5) is 8.07. The van der Waals surface area contributed by atoms with E-state index in [1.165, 1.54) is 0 Å². The summed E-state index contributed by atoms with van der Waals surface area (Å²) in [5.74, 6) is 0.721. The van der Waals surface area contributed by atoms with E-state index in [-0.39, 0.29) is 5.28 Å². The highest BCUT2D eigenvalue weighted by atomic mass is 35.5. The van der Waals surface area contributed by atoms with Gasteiger partial charge in [0, 0.05) is 25.0 Å². The second-order valence-electron chi connectivity index (χ2n) is 3.46. The van der Waals surface area contributed by atoms with Crippen LogP contribution in [0.1, 0.15) is 11.4 Å². The Balaban J connectivity index is 2.07. The van der Waals surface area contributed by atoms with Gasteiger partial charge in [0.25, 0.3) is 0 Å². The summed E-state index contributed by atoms with van der Waals surface area (Å²) in [6.45, 7) is 2.53. The van der Waals surface area contributed by atoms with Crippen molar-refractivity contribution in [1.29, 1.82) is 0 Å². The van der Waals surface area contributed by atoms with Crippen LogP contribution in [-0.2, 0) is 13.6 Å². The minimum absolute atomic E-state index is 0.257. The van der Waals surface area contributed by atoms with Crippen LogP contribution in [0, 0.1) is 6.92 Å². The lowest BCUT2D eigenvalue weighted by Crippen LogP contribution is -2.07. The Kier molecular flexibility index (Phi) is 3.05. The maximum Gasteiger partial charge on any atom is 0.224 e. The molecule has 6 heteroatoms. The van der Waals surface area contributed by atoms with Gasteiger partial charge in [-0.05, 0) is 24.6 Å². The SMILES string of the molecule is Cc1cc(NCc2ccnn2C)nc(Cl)n1. The molecule has 0 unspecified atom stereocenters. The van der Waals surface area contributed by atoms with Crippen LogP contribution in [0.2, 0.25) is 5.28 Å². The first-order chi connectivity index (χ1) is 7.65. The molecule has 2 heterocycles.